The van der Waals surface area contributed by atoms with Gasteiger partial charge in [0, 0.05) is 30.4 Å². The van der Waals surface area contributed by atoms with Crippen LogP contribution in [0.1, 0.15) is 31.7 Å². The Morgan fingerprint density at radius 2 is 1.77 bits per heavy atom. The van der Waals surface area contributed by atoms with Gasteiger partial charge in [0.05, 0.1) is 10.5 Å². The third-order valence-corrected chi connectivity index (χ3v) is 5.16. The predicted octanol–water partition coefficient (Wildman–Crippen LogP) is 3.71. The summed E-state index contributed by atoms with van der Waals surface area (Å²) in [7, 11) is 0. The minimum absolute atomic E-state index is 0.0915. The molecule has 2 amide bonds. The van der Waals surface area contributed by atoms with Crippen LogP contribution in [0.3, 0.4) is 0 Å². The highest BCUT2D eigenvalue weighted by Crippen LogP contribution is 2.36. The van der Waals surface area contributed by atoms with E-state index in [1.165, 1.54) is 29.2 Å². The molecule has 4 rings (SSSR count). The molecule has 160 valence electrons. The van der Waals surface area contributed by atoms with Crippen LogP contribution in [0.15, 0.2) is 48.2 Å². The Labute approximate surface area is 178 Å². The smallest absolute Gasteiger partial charge is 0.278 e. The Morgan fingerprint density at radius 3 is 2.48 bits per heavy atom. The average Bonchev–Trinajstić information content (AvgIpc) is 3.32. The lowest BCUT2D eigenvalue weighted by Crippen LogP contribution is -2.33. The standard InChI is InChI=1S/C22H21N3O6/c1-2-3-4-11-24-21(26)19(14-5-8-16(9-6-14)25(28)29)20(22(24)27)23-15-7-10-17-18(12-15)31-13-30-17/h5-10,12,23H,2-4,11,13H2,1H3. The first-order valence-corrected chi connectivity index (χ1v) is 10.0. The predicted molar refractivity (Wildman–Crippen MR) is 112 cm³/mol. The fourth-order valence-corrected chi connectivity index (χ4v) is 3.55. The number of carbonyl (C=O) groups is 2. The lowest BCUT2D eigenvalue weighted by atomic mass is 10.0. The number of benzene rings is 2. The number of nitrogens with zero attached hydrogens (tertiary/aromatic N) is 2. The van der Waals surface area contributed by atoms with Crippen molar-refractivity contribution in [1.29, 1.82) is 0 Å². The number of ether oxygens (including phenoxy) is 2. The normalized spacial score (nSPS) is 15.1. The molecule has 0 bridgehead atoms. The van der Waals surface area contributed by atoms with E-state index >= 15 is 0 Å². The molecule has 2 aromatic carbocycles. The molecule has 1 N–H and O–H groups in total. The molecule has 2 aliphatic heterocycles. The maximum atomic E-state index is 13.1. The molecule has 0 spiro atoms. The number of hydrogen-bond donors (Lipinski definition) is 1. The van der Waals surface area contributed by atoms with Gasteiger partial charge in [-0.2, -0.15) is 0 Å². The number of fused-ring (bicyclic) bond motifs is 1. The van der Waals surface area contributed by atoms with Gasteiger partial charge in [0.2, 0.25) is 6.79 Å². The van der Waals surface area contributed by atoms with E-state index in [0.29, 0.717) is 35.7 Å². The van der Waals surface area contributed by atoms with E-state index in [2.05, 4.69) is 5.32 Å². The van der Waals surface area contributed by atoms with E-state index in [1.54, 1.807) is 18.2 Å². The third-order valence-electron chi connectivity index (χ3n) is 5.16. The topological polar surface area (TPSA) is 111 Å². The molecule has 2 aromatic rings. The Morgan fingerprint density at radius 1 is 1.03 bits per heavy atom. The zero-order chi connectivity index (χ0) is 22.0. The summed E-state index contributed by atoms with van der Waals surface area (Å²) in [6.45, 7) is 2.48. The molecule has 31 heavy (non-hydrogen) atoms. The maximum Gasteiger partial charge on any atom is 0.278 e. The summed E-state index contributed by atoms with van der Waals surface area (Å²) >= 11 is 0. The van der Waals surface area contributed by atoms with Gasteiger partial charge in [0.1, 0.15) is 5.70 Å². The number of amides is 2. The number of anilines is 1. The number of nitro benzene ring substituents is 1. The zero-order valence-electron chi connectivity index (χ0n) is 16.9. The summed E-state index contributed by atoms with van der Waals surface area (Å²) < 4.78 is 10.7. The van der Waals surface area contributed by atoms with Gasteiger partial charge in [-0.05, 0) is 36.2 Å². The first-order valence-electron chi connectivity index (χ1n) is 10.0. The third kappa shape index (κ3) is 3.94. The summed E-state index contributed by atoms with van der Waals surface area (Å²) in [4.78, 5) is 38.0. The largest absolute Gasteiger partial charge is 0.454 e. The molecule has 0 aliphatic carbocycles. The molecule has 0 saturated carbocycles. The SMILES string of the molecule is CCCCCN1C(=O)C(Nc2ccc3c(c2)OCO3)=C(c2ccc([N+](=O)[O-])cc2)C1=O. The van der Waals surface area contributed by atoms with Gasteiger partial charge in [-0.25, -0.2) is 0 Å². The van der Waals surface area contributed by atoms with E-state index in [4.69, 9.17) is 9.47 Å². The van der Waals surface area contributed by atoms with E-state index in [1.807, 2.05) is 6.92 Å². The average molecular weight is 423 g/mol. The molecule has 0 radical (unpaired) electrons. The van der Waals surface area contributed by atoms with Crippen LogP contribution in [-0.4, -0.2) is 35.0 Å². The Bertz CT molecular complexity index is 1080. The summed E-state index contributed by atoms with van der Waals surface area (Å²) in [5.74, 6) is 0.300. The first kappa shape index (κ1) is 20.4. The van der Waals surface area contributed by atoms with Crippen molar-refractivity contribution in [2.24, 2.45) is 0 Å². The van der Waals surface area contributed by atoms with Crippen LogP contribution in [0.25, 0.3) is 5.57 Å². The van der Waals surface area contributed by atoms with Crippen LogP contribution in [-0.2, 0) is 9.59 Å². The lowest BCUT2D eigenvalue weighted by Gasteiger charge is -2.15. The molecular weight excluding hydrogens is 402 g/mol. The lowest BCUT2D eigenvalue weighted by molar-refractivity contribution is -0.384. The second-order valence-corrected chi connectivity index (χ2v) is 7.22. The van der Waals surface area contributed by atoms with E-state index in [9.17, 15) is 19.7 Å². The fraction of sp³-hybridized carbons (Fsp3) is 0.273. The quantitative estimate of drug-likeness (QED) is 0.298. The van der Waals surface area contributed by atoms with Crippen molar-refractivity contribution >= 4 is 28.8 Å². The Balaban J connectivity index is 1.70. The molecule has 9 nitrogen and oxygen atoms in total. The highest BCUT2D eigenvalue weighted by molar-refractivity contribution is 6.36. The van der Waals surface area contributed by atoms with Gasteiger partial charge in [0.15, 0.2) is 11.5 Å². The molecule has 0 aromatic heterocycles. The molecule has 0 saturated heterocycles. The van der Waals surface area contributed by atoms with Crippen molar-refractivity contribution in [1.82, 2.24) is 4.90 Å². The van der Waals surface area contributed by atoms with Gasteiger partial charge in [-0.15, -0.1) is 0 Å². The highest BCUT2D eigenvalue weighted by atomic mass is 16.7. The molecule has 0 fully saturated rings. The van der Waals surface area contributed by atoms with Crippen LogP contribution in [0.5, 0.6) is 11.5 Å². The van der Waals surface area contributed by atoms with Crippen LogP contribution in [0, 0.1) is 10.1 Å². The van der Waals surface area contributed by atoms with Gasteiger partial charge in [0.25, 0.3) is 17.5 Å². The van der Waals surface area contributed by atoms with Crippen LogP contribution < -0.4 is 14.8 Å². The monoisotopic (exact) mass is 423 g/mol. The second-order valence-electron chi connectivity index (χ2n) is 7.22. The summed E-state index contributed by atoms with van der Waals surface area (Å²) in [6.07, 6.45) is 2.56. The fourth-order valence-electron chi connectivity index (χ4n) is 3.55. The first-order chi connectivity index (χ1) is 15.0. The number of non-ortho nitro benzene ring substituents is 1. The van der Waals surface area contributed by atoms with Gasteiger partial charge in [-0.3, -0.25) is 24.6 Å². The number of imide groups is 1. The van der Waals surface area contributed by atoms with Crippen molar-refractivity contribution in [3.8, 4) is 11.5 Å². The molecule has 2 heterocycles. The maximum absolute atomic E-state index is 13.1. The summed E-state index contributed by atoms with van der Waals surface area (Å²) in [5.41, 5.74) is 1.23. The van der Waals surface area contributed by atoms with Crippen LogP contribution >= 0.6 is 0 Å². The molecular formula is C22H21N3O6. The van der Waals surface area contributed by atoms with E-state index < -0.39 is 16.7 Å². The highest BCUT2D eigenvalue weighted by Gasteiger charge is 2.39. The summed E-state index contributed by atoms with van der Waals surface area (Å²) in [5, 5.41) is 14.0. The zero-order valence-corrected chi connectivity index (χ0v) is 16.9. The van der Waals surface area contributed by atoms with Crippen molar-refractivity contribution in [2.45, 2.75) is 26.2 Å². The number of carbonyl (C=O) groups excluding carboxylic acids is 2. The molecule has 2 aliphatic rings. The second kappa shape index (κ2) is 8.47. The van der Waals surface area contributed by atoms with Crippen molar-refractivity contribution in [3.63, 3.8) is 0 Å². The van der Waals surface area contributed by atoms with Crippen LogP contribution in [0.4, 0.5) is 11.4 Å². The molecule has 9 heteroatoms. The van der Waals surface area contributed by atoms with Crippen molar-refractivity contribution in [2.75, 3.05) is 18.7 Å². The van der Waals surface area contributed by atoms with Gasteiger partial charge < -0.3 is 14.8 Å². The molecule has 0 unspecified atom stereocenters. The van der Waals surface area contributed by atoms with Crippen molar-refractivity contribution < 1.29 is 24.0 Å². The minimum Gasteiger partial charge on any atom is -0.454 e. The van der Waals surface area contributed by atoms with Crippen molar-refractivity contribution in [3.05, 3.63) is 63.8 Å². The van der Waals surface area contributed by atoms with Crippen LogP contribution in [0.2, 0.25) is 0 Å². The number of unbranched alkanes of at least 4 members (excludes halogenated alkanes) is 2. The van der Waals surface area contributed by atoms with E-state index in [-0.39, 0.29) is 23.8 Å². The summed E-state index contributed by atoms with van der Waals surface area (Å²) in [6, 6.07) is 10.7. The number of nitrogens with one attached hydrogen (secondary N) is 1. The number of hydrogen-bond acceptors (Lipinski definition) is 7. The van der Waals surface area contributed by atoms with Gasteiger partial charge >= 0.3 is 0 Å². The Hall–Kier alpha value is -3.88. The minimum atomic E-state index is -0.511. The molecule has 0 atom stereocenters. The van der Waals surface area contributed by atoms with Gasteiger partial charge in [-0.1, -0.05) is 19.8 Å². The number of rotatable bonds is 8. The Kier molecular flexibility index (Phi) is 5.57. The van der Waals surface area contributed by atoms with E-state index in [0.717, 1.165) is 12.8 Å². The number of nitro groups is 1.